The third-order valence-corrected chi connectivity index (χ3v) is 2.52. The van der Waals surface area contributed by atoms with Gasteiger partial charge in [-0.25, -0.2) is 0 Å². The Labute approximate surface area is 99.6 Å². The summed E-state index contributed by atoms with van der Waals surface area (Å²) in [7, 11) is 0. The summed E-state index contributed by atoms with van der Waals surface area (Å²) >= 11 is 0. The van der Waals surface area contributed by atoms with Crippen LogP contribution >= 0.6 is 0 Å². The van der Waals surface area contributed by atoms with Crippen molar-refractivity contribution in [3.8, 4) is 5.75 Å². The zero-order valence-electron chi connectivity index (χ0n) is 9.82. The number of nitrogens with one attached hydrogen (secondary N) is 2. The summed E-state index contributed by atoms with van der Waals surface area (Å²) in [5.41, 5.74) is 1.37. The molecule has 0 bridgehead atoms. The molecule has 3 N–H and O–H groups in total. The van der Waals surface area contributed by atoms with Gasteiger partial charge >= 0.3 is 0 Å². The number of aryl methyl sites for hydroxylation is 1. The lowest BCUT2D eigenvalue weighted by molar-refractivity contribution is -0.110. The van der Waals surface area contributed by atoms with E-state index < -0.39 is 0 Å². The Morgan fingerprint density at radius 1 is 1.59 bits per heavy atom. The van der Waals surface area contributed by atoms with Gasteiger partial charge in [0.05, 0.1) is 12.2 Å². The average Bonchev–Trinajstić information content (AvgIpc) is 2.70. The van der Waals surface area contributed by atoms with Gasteiger partial charge < -0.3 is 15.7 Å². The van der Waals surface area contributed by atoms with E-state index >= 15 is 0 Å². The first kappa shape index (κ1) is 11.4. The molecule has 5 nitrogen and oxygen atoms in total. The predicted octanol–water partition coefficient (Wildman–Crippen LogP) is 1.03. The van der Waals surface area contributed by atoms with Crippen LogP contribution in [0.3, 0.4) is 0 Å². The van der Waals surface area contributed by atoms with Crippen LogP contribution in [0.15, 0.2) is 23.2 Å². The SMILES string of the molecule is Cc1ccc(O)c(NC(=O)C2=NCC(C)N2)c1. The van der Waals surface area contributed by atoms with Crippen molar-refractivity contribution in [2.24, 2.45) is 4.99 Å². The van der Waals surface area contributed by atoms with E-state index in [1.807, 2.05) is 13.8 Å². The monoisotopic (exact) mass is 233 g/mol. The highest BCUT2D eigenvalue weighted by Gasteiger charge is 2.20. The summed E-state index contributed by atoms with van der Waals surface area (Å²) in [6.07, 6.45) is 0. The number of benzene rings is 1. The third-order valence-electron chi connectivity index (χ3n) is 2.52. The molecular formula is C12H15N3O2. The zero-order valence-corrected chi connectivity index (χ0v) is 9.82. The molecule has 0 spiro atoms. The number of phenolic OH excluding ortho intramolecular Hbond substituents is 1. The smallest absolute Gasteiger partial charge is 0.290 e. The molecule has 1 aromatic carbocycles. The van der Waals surface area contributed by atoms with Crippen molar-refractivity contribution in [3.63, 3.8) is 0 Å². The Morgan fingerprint density at radius 2 is 2.35 bits per heavy atom. The highest BCUT2D eigenvalue weighted by atomic mass is 16.3. The van der Waals surface area contributed by atoms with Crippen LogP contribution in [0, 0.1) is 6.92 Å². The van der Waals surface area contributed by atoms with Gasteiger partial charge in [-0.3, -0.25) is 9.79 Å². The van der Waals surface area contributed by atoms with E-state index in [4.69, 9.17) is 0 Å². The summed E-state index contributed by atoms with van der Waals surface area (Å²) in [5.74, 6) is 0.0456. The van der Waals surface area contributed by atoms with Gasteiger partial charge in [0.15, 0.2) is 5.84 Å². The molecule has 1 aliphatic rings. The molecule has 0 fully saturated rings. The number of nitrogens with zero attached hydrogens (tertiary/aromatic N) is 1. The lowest BCUT2D eigenvalue weighted by Crippen LogP contribution is -2.36. The zero-order chi connectivity index (χ0) is 12.4. The number of hydrogen-bond donors (Lipinski definition) is 3. The molecule has 0 radical (unpaired) electrons. The van der Waals surface area contributed by atoms with Crippen molar-refractivity contribution in [1.29, 1.82) is 0 Å². The van der Waals surface area contributed by atoms with Gasteiger partial charge in [-0.05, 0) is 31.5 Å². The summed E-state index contributed by atoms with van der Waals surface area (Å²) < 4.78 is 0. The molecule has 1 aromatic rings. The van der Waals surface area contributed by atoms with Crippen LogP contribution in [-0.2, 0) is 4.79 Å². The number of carbonyl (C=O) groups is 1. The fraction of sp³-hybridized carbons (Fsp3) is 0.333. The number of aliphatic imine (C=N–C) groups is 1. The maximum Gasteiger partial charge on any atom is 0.290 e. The number of aromatic hydroxyl groups is 1. The minimum Gasteiger partial charge on any atom is -0.506 e. The van der Waals surface area contributed by atoms with E-state index in [1.54, 1.807) is 18.2 Å². The van der Waals surface area contributed by atoms with E-state index in [0.29, 0.717) is 18.1 Å². The van der Waals surface area contributed by atoms with Crippen molar-refractivity contribution in [1.82, 2.24) is 5.32 Å². The van der Waals surface area contributed by atoms with Gasteiger partial charge in [-0.2, -0.15) is 0 Å². The summed E-state index contributed by atoms with van der Waals surface area (Å²) in [4.78, 5) is 15.9. The van der Waals surface area contributed by atoms with Gasteiger partial charge in [0, 0.05) is 6.04 Å². The third kappa shape index (κ3) is 2.55. The summed E-state index contributed by atoms with van der Waals surface area (Å²) in [6, 6.07) is 5.23. The fourth-order valence-corrected chi connectivity index (χ4v) is 1.62. The van der Waals surface area contributed by atoms with Crippen LogP contribution in [-0.4, -0.2) is 29.4 Å². The molecule has 1 atom stereocenters. The van der Waals surface area contributed by atoms with Crippen molar-refractivity contribution in [2.75, 3.05) is 11.9 Å². The Bertz CT molecular complexity index is 483. The highest BCUT2D eigenvalue weighted by Crippen LogP contribution is 2.23. The molecule has 0 aliphatic carbocycles. The van der Waals surface area contributed by atoms with Gasteiger partial charge in [0.25, 0.3) is 5.91 Å². The van der Waals surface area contributed by atoms with Gasteiger partial charge in [-0.15, -0.1) is 0 Å². The minimum atomic E-state index is -0.324. The van der Waals surface area contributed by atoms with Crippen molar-refractivity contribution in [2.45, 2.75) is 19.9 Å². The van der Waals surface area contributed by atoms with E-state index in [1.165, 1.54) is 0 Å². The lowest BCUT2D eigenvalue weighted by Gasteiger charge is -2.09. The number of amidine groups is 1. The van der Waals surface area contributed by atoms with Crippen LogP contribution in [0.4, 0.5) is 5.69 Å². The van der Waals surface area contributed by atoms with E-state index in [0.717, 1.165) is 5.56 Å². The first-order valence-electron chi connectivity index (χ1n) is 5.48. The maximum atomic E-state index is 11.8. The second-order valence-corrected chi connectivity index (χ2v) is 4.21. The second-order valence-electron chi connectivity index (χ2n) is 4.21. The molecule has 5 heteroatoms. The average molecular weight is 233 g/mol. The molecule has 2 rings (SSSR count). The Morgan fingerprint density at radius 3 is 3.00 bits per heavy atom. The molecule has 1 amide bonds. The Kier molecular flexibility index (Phi) is 2.99. The van der Waals surface area contributed by atoms with Gasteiger partial charge in [-0.1, -0.05) is 6.07 Å². The minimum absolute atomic E-state index is 0.0515. The highest BCUT2D eigenvalue weighted by molar-refractivity contribution is 6.42. The summed E-state index contributed by atoms with van der Waals surface area (Å²) in [5, 5.41) is 15.2. The molecule has 17 heavy (non-hydrogen) atoms. The van der Waals surface area contributed by atoms with Crippen LogP contribution in [0.5, 0.6) is 5.75 Å². The Hall–Kier alpha value is -2.04. The van der Waals surface area contributed by atoms with Gasteiger partial charge in [0.2, 0.25) is 0 Å². The number of phenols is 1. The maximum absolute atomic E-state index is 11.8. The molecule has 90 valence electrons. The van der Waals surface area contributed by atoms with Gasteiger partial charge in [0.1, 0.15) is 5.75 Å². The normalized spacial score (nSPS) is 18.5. The molecule has 0 saturated heterocycles. The van der Waals surface area contributed by atoms with Crippen molar-refractivity contribution in [3.05, 3.63) is 23.8 Å². The van der Waals surface area contributed by atoms with Crippen LogP contribution < -0.4 is 10.6 Å². The number of amides is 1. The van der Waals surface area contributed by atoms with E-state index in [2.05, 4.69) is 15.6 Å². The number of rotatable bonds is 2. The lowest BCUT2D eigenvalue weighted by atomic mass is 10.2. The number of hydrogen-bond acceptors (Lipinski definition) is 4. The first-order valence-corrected chi connectivity index (χ1v) is 5.48. The molecule has 1 heterocycles. The Balaban J connectivity index is 2.11. The molecule has 1 aliphatic heterocycles. The first-order chi connectivity index (χ1) is 8.06. The van der Waals surface area contributed by atoms with Crippen molar-refractivity contribution < 1.29 is 9.90 Å². The number of carbonyl (C=O) groups excluding carboxylic acids is 1. The fourth-order valence-electron chi connectivity index (χ4n) is 1.62. The van der Waals surface area contributed by atoms with E-state index in [9.17, 15) is 9.90 Å². The molecule has 1 unspecified atom stereocenters. The summed E-state index contributed by atoms with van der Waals surface area (Å²) in [6.45, 7) is 4.44. The molecular weight excluding hydrogens is 218 g/mol. The van der Waals surface area contributed by atoms with Crippen LogP contribution in [0.25, 0.3) is 0 Å². The quantitative estimate of drug-likeness (QED) is 0.668. The molecule has 0 saturated carbocycles. The topological polar surface area (TPSA) is 73.7 Å². The second kappa shape index (κ2) is 4.45. The standard InChI is InChI=1S/C12H15N3O2/c1-7-3-4-10(16)9(5-7)15-12(17)11-13-6-8(2)14-11/h3-5,8,16H,6H2,1-2H3,(H,13,14)(H,15,17). The molecule has 0 aromatic heterocycles. The van der Waals surface area contributed by atoms with Crippen LogP contribution in [0.1, 0.15) is 12.5 Å². The number of anilines is 1. The van der Waals surface area contributed by atoms with E-state index in [-0.39, 0.29) is 17.7 Å². The van der Waals surface area contributed by atoms with Crippen LogP contribution in [0.2, 0.25) is 0 Å². The largest absolute Gasteiger partial charge is 0.506 e. The predicted molar refractivity (Wildman–Crippen MR) is 66.4 cm³/mol. The van der Waals surface area contributed by atoms with Crippen molar-refractivity contribution >= 4 is 17.4 Å².